The Morgan fingerprint density at radius 1 is 0.875 bits per heavy atom. The predicted octanol–water partition coefficient (Wildman–Crippen LogP) is 5.71. The van der Waals surface area contributed by atoms with Gasteiger partial charge in [0, 0.05) is 14.0 Å². The van der Waals surface area contributed by atoms with Crippen LogP contribution in [0.4, 0.5) is 0 Å². The first-order chi connectivity index (χ1) is 15.5. The number of hydrogen-bond acceptors (Lipinski definition) is 5. The molecule has 1 N–H and O–H groups in total. The first-order valence-corrected chi connectivity index (χ1v) is 10.3. The van der Waals surface area contributed by atoms with Crippen LogP contribution in [-0.4, -0.2) is 25.0 Å². The predicted molar refractivity (Wildman–Crippen MR) is 124 cm³/mol. The molecule has 0 amide bonds. The van der Waals surface area contributed by atoms with Crippen molar-refractivity contribution in [3.8, 4) is 28.4 Å². The van der Waals surface area contributed by atoms with E-state index in [1.807, 2.05) is 60.7 Å². The van der Waals surface area contributed by atoms with Crippen LogP contribution < -0.4 is 9.47 Å². The third-order valence-corrected chi connectivity index (χ3v) is 5.19. The largest absolute Gasteiger partial charge is 0.508 e. The molecule has 0 aliphatic rings. The van der Waals surface area contributed by atoms with Crippen LogP contribution in [-0.2, 0) is 16.0 Å². The van der Waals surface area contributed by atoms with Crippen LogP contribution in [0.2, 0.25) is 0 Å². The van der Waals surface area contributed by atoms with E-state index in [1.54, 1.807) is 19.2 Å². The van der Waals surface area contributed by atoms with Gasteiger partial charge in [-0.25, -0.2) is 0 Å². The number of benzene rings is 4. The number of methoxy groups -OCH3 is 1. The number of phenols is 1. The van der Waals surface area contributed by atoms with E-state index in [-0.39, 0.29) is 18.5 Å². The highest BCUT2D eigenvalue weighted by atomic mass is 16.7. The quantitative estimate of drug-likeness (QED) is 0.232. The monoisotopic (exact) mass is 428 g/mol. The lowest BCUT2D eigenvalue weighted by Gasteiger charge is -2.15. The van der Waals surface area contributed by atoms with Crippen molar-refractivity contribution in [3.05, 3.63) is 90.0 Å². The van der Waals surface area contributed by atoms with E-state index in [4.69, 9.17) is 14.2 Å². The van der Waals surface area contributed by atoms with Gasteiger partial charge in [0.05, 0.1) is 0 Å². The summed E-state index contributed by atoms with van der Waals surface area (Å²) in [6.07, 6.45) is 0.682. The van der Waals surface area contributed by atoms with E-state index in [2.05, 4.69) is 6.07 Å². The van der Waals surface area contributed by atoms with Gasteiger partial charge in [-0.2, -0.15) is 0 Å². The van der Waals surface area contributed by atoms with E-state index < -0.39 is 0 Å². The highest BCUT2D eigenvalue weighted by Gasteiger charge is 2.12. The molecule has 0 bridgehead atoms. The molecule has 32 heavy (non-hydrogen) atoms. The number of carbonyl (C=O) groups is 1. The Morgan fingerprint density at radius 3 is 2.28 bits per heavy atom. The summed E-state index contributed by atoms with van der Waals surface area (Å²) in [7, 11) is 1.59. The second kappa shape index (κ2) is 9.54. The summed E-state index contributed by atoms with van der Waals surface area (Å²) in [5.74, 6) is 1.15. The molecule has 0 unspecified atom stereocenters. The Balaban J connectivity index is 1.79. The molecule has 4 aromatic rings. The second-order valence-corrected chi connectivity index (χ2v) is 7.49. The molecule has 0 spiro atoms. The van der Waals surface area contributed by atoms with Gasteiger partial charge < -0.3 is 19.3 Å². The molecule has 162 valence electrons. The molecule has 5 heteroatoms. The summed E-state index contributed by atoms with van der Waals surface area (Å²) < 4.78 is 15.7. The van der Waals surface area contributed by atoms with Crippen molar-refractivity contribution >= 4 is 16.7 Å². The van der Waals surface area contributed by atoms with Gasteiger partial charge in [0.25, 0.3) is 0 Å². The third-order valence-electron chi connectivity index (χ3n) is 5.19. The summed E-state index contributed by atoms with van der Waals surface area (Å²) in [5.41, 5.74) is 4.40. The van der Waals surface area contributed by atoms with Gasteiger partial charge in [0.15, 0.2) is 6.79 Å². The molecule has 0 heterocycles. The number of fused-ring (bicyclic) bond motifs is 1. The Hall–Kier alpha value is -3.83. The minimum atomic E-state index is -0.346. The van der Waals surface area contributed by atoms with Crippen molar-refractivity contribution in [1.29, 1.82) is 0 Å². The topological polar surface area (TPSA) is 65.0 Å². The fraction of sp³-hybridized carbons (Fsp3) is 0.148. The number of rotatable bonds is 7. The zero-order valence-electron chi connectivity index (χ0n) is 18.0. The number of hydrogen-bond donors (Lipinski definition) is 1. The van der Waals surface area contributed by atoms with E-state index >= 15 is 0 Å². The van der Waals surface area contributed by atoms with Gasteiger partial charge in [-0.3, -0.25) is 4.79 Å². The zero-order valence-corrected chi connectivity index (χ0v) is 18.0. The fourth-order valence-corrected chi connectivity index (χ4v) is 3.74. The summed E-state index contributed by atoms with van der Waals surface area (Å²) in [6.45, 7) is 1.59. The third kappa shape index (κ3) is 4.90. The van der Waals surface area contributed by atoms with E-state index in [9.17, 15) is 9.90 Å². The zero-order chi connectivity index (χ0) is 22.5. The highest BCUT2D eigenvalue weighted by Crippen LogP contribution is 2.35. The second-order valence-electron chi connectivity index (χ2n) is 7.49. The lowest BCUT2D eigenvalue weighted by atomic mass is 9.90. The molecule has 0 radical (unpaired) electrons. The molecular formula is C27H24O5. The molecule has 5 nitrogen and oxygen atoms in total. The molecule has 0 fully saturated rings. The van der Waals surface area contributed by atoms with Crippen LogP contribution in [0.25, 0.3) is 21.9 Å². The van der Waals surface area contributed by atoms with Gasteiger partial charge >= 0.3 is 5.97 Å². The molecular weight excluding hydrogens is 404 g/mol. The maximum atomic E-state index is 11.4. The minimum absolute atomic E-state index is 0.200. The Morgan fingerprint density at radius 2 is 1.59 bits per heavy atom. The molecule has 0 aliphatic heterocycles. The van der Waals surface area contributed by atoms with Crippen LogP contribution in [0.15, 0.2) is 78.9 Å². The van der Waals surface area contributed by atoms with Crippen LogP contribution in [0.5, 0.6) is 17.2 Å². The van der Waals surface area contributed by atoms with E-state index in [0.29, 0.717) is 12.2 Å². The van der Waals surface area contributed by atoms with Crippen molar-refractivity contribution in [2.24, 2.45) is 0 Å². The van der Waals surface area contributed by atoms with Gasteiger partial charge in [-0.1, -0.05) is 42.5 Å². The van der Waals surface area contributed by atoms with Gasteiger partial charge in [0.2, 0.25) is 0 Å². The Kier molecular flexibility index (Phi) is 6.38. The van der Waals surface area contributed by atoms with Crippen molar-refractivity contribution < 1.29 is 24.1 Å². The average molecular weight is 428 g/mol. The van der Waals surface area contributed by atoms with Crippen LogP contribution in [0.1, 0.15) is 18.1 Å². The molecule has 4 aromatic carbocycles. The normalized spacial score (nSPS) is 10.8. The summed E-state index contributed by atoms with van der Waals surface area (Å²) in [5, 5.41) is 11.7. The van der Waals surface area contributed by atoms with Crippen molar-refractivity contribution in [1.82, 2.24) is 0 Å². The first kappa shape index (κ1) is 21.4. The lowest BCUT2D eigenvalue weighted by molar-refractivity contribution is -0.131. The standard InChI is InChI=1S/C27H24O5/c1-18(28)32-24-12-14-26-21(16-24)7-13-25(20-5-10-23(11-6-20)31-17-30-2)27(26)15-19-3-8-22(29)9-4-19/h3-14,16,29H,15,17H2,1-2H3. The van der Waals surface area contributed by atoms with Gasteiger partial charge in [0.1, 0.15) is 17.2 Å². The molecule has 0 aliphatic carbocycles. The van der Waals surface area contributed by atoms with Crippen molar-refractivity contribution in [3.63, 3.8) is 0 Å². The molecule has 0 saturated heterocycles. The maximum Gasteiger partial charge on any atom is 0.308 e. The lowest BCUT2D eigenvalue weighted by Crippen LogP contribution is -2.01. The van der Waals surface area contributed by atoms with E-state index in [0.717, 1.165) is 38.8 Å². The smallest absolute Gasteiger partial charge is 0.308 e. The number of ether oxygens (including phenoxy) is 3. The number of aromatic hydroxyl groups is 1. The first-order valence-electron chi connectivity index (χ1n) is 10.3. The van der Waals surface area contributed by atoms with Gasteiger partial charge in [-0.15, -0.1) is 0 Å². The fourth-order valence-electron chi connectivity index (χ4n) is 3.74. The Bertz CT molecular complexity index is 1230. The van der Waals surface area contributed by atoms with Crippen LogP contribution >= 0.6 is 0 Å². The molecule has 0 aromatic heterocycles. The molecule has 0 saturated carbocycles. The van der Waals surface area contributed by atoms with Crippen molar-refractivity contribution in [2.75, 3.05) is 13.9 Å². The number of esters is 1. The van der Waals surface area contributed by atoms with Gasteiger partial charge in [-0.05, 0) is 75.8 Å². The van der Waals surface area contributed by atoms with Crippen molar-refractivity contribution in [2.45, 2.75) is 13.3 Å². The van der Waals surface area contributed by atoms with E-state index in [1.165, 1.54) is 6.92 Å². The number of carbonyl (C=O) groups excluding carboxylic acids is 1. The summed E-state index contributed by atoms with van der Waals surface area (Å²) in [4.78, 5) is 11.4. The minimum Gasteiger partial charge on any atom is -0.508 e. The maximum absolute atomic E-state index is 11.4. The summed E-state index contributed by atoms with van der Waals surface area (Å²) >= 11 is 0. The number of phenolic OH excluding ortho intramolecular Hbond substituents is 1. The average Bonchev–Trinajstić information content (AvgIpc) is 2.79. The highest BCUT2D eigenvalue weighted by molar-refractivity contribution is 5.93. The van der Waals surface area contributed by atoms with Crippen LogP contribution in [0, 0.1) is 0 Å². The molecule has 4 rings (SSSR count). The SMILES string of the molecule is COCOc1ccc(-c2ccc3cc(OC(C)=O)ccc3c2Cc2ccc(O)cc2)cc1. The summed E-state index contributed by atoms with van der Waals surface area (Å²) in [6, 6.07) is 24.9. The van der Waals surface area contributed by atoms with Crippen LogP contribution in [0.3, 0.4) is 0 Å². The Labute approximate surface area is 186 Å². The molecule has 0 atom stereocenters.